The topological polar surface area (TPSA) is 175 Å². The van der Waals surface area contributed by atoms with Gasteiger partial charge >= 0.3 is 6.09 Å². The molecule has 3 aromatic rings. The molecule has 2 aliphatic rings. The van der Waals surface area contributed by atoms with Gasteiger partial charge in [-0.05, 0) is 12.1 Å². The van der Waals surface area contributed by atoms with Crippen molar-refractivity contribution in [3.8, 4) is 6.07 Å². The highest BCUT2D eigenvalue weighted by Crippen LogP contribution is 2.23. The minimum absolute atomic E-state index is 0.0780. The Balaban J connectivity index is 1.19. The second-order valence-electron chi connectivity index (χ2n) is 10.7. The molecule has 2 N–H and O–H groups in total. The molecular weight excluding hydrogens is 516 g/mol. The van der Waals surface area contributed by atoms with Gasteiger partial charge in [-0.1, -0.05) is 26.8 Å². The second kappa shape index (κ2) is 10.8. The molecule has 2 aromatic heterocycles. The summed E-state index contributed by atoms with van der Waals surface area (Å²) < 4.78 is 7.23. The smallest absolute Gasteiger partial charge is 0.410 e. The lowest BCUT2D eigenvalue weighted by molar-refractivity contribution is -0.123. The maximum atomic E-state index is 13.0. The van der Waals surface area contributed by atoms with Crippen molar-refractivity contribution in [2.24, 2.45) is 5.41 Å². The molecule has 2 aliphatic heterocycles. The Morgan fingerprint density at radius 3 is 2.62 bits per heavy atom. The number of H-pyrrole nitrogens is 1. The minimum atomic E-state index is -0.639. The van der Waals surface area contributed by atoms with Gasteiger partial charge < -0.3 is 19.9 Å². The van der Waals surface area contributed by atoms with Gasteiger partial charge in [0.2, 0.25) is 11.7 Å². The highest BCUT2D eigenvalue weighted by atomic mass is 16.6. The first-order chi connectivity index (χ1) is 19.1. The third-order valence-electron chi connectivity index (χ3n) is 6.85. The first-order valence-electron chi connectivity index (χ1n) is 13.0. The first-order valence-corrected chi connectivity index (χ1v) is 13.0. The maximum Gasteiger partial charge on any atom is 0.410 e. The molecule has 0 radical (unpaired) electrons. The van der Waals surface area contributed by atoms with Gasteiger partial charge in [0.1, 0.15) is 18.1 Å². The van der Waals surface area contributed by atoms with Crippen molar-refractivity contribution in [3.05, 3.63) is 52.4 Å². The summed E-state index contributed by atoms with van der Waals surface area (Å²) in [5.74, 6) is 0.272. The van der Waals surface area contributed by atoms with E-state index in [1.807, 2.05) is 0 Å². The number of anilines is 1. The molecule has 0 saturated carbocycles. The summed E-state index contributed by atoms with van der Waals surface area (Å²) in [5.41, 5.74) is 2.37. The maximum absolute atomic E-state index is 13.0. The highest BCUT2D eigenvalue weighted by molar-refractivity contribution is 5.95. The number of carbonyl (C=O) groups excluding carboxylic acids is 3. The van der Waals surface area contributed by atoms with E-state index in [4.69, 9.17) is 4.74 Å². The van der Waals surface area contributed by atoms with Crippen LogP contribution in [0.25, 0.3) is 0 Å². The summed E-state index contributed by atoms with van der Waals surface area (Å²) in [5, 5.41) is 27.3. The Morgan fingerprint density at radius 2 is 1.85 bits per heavy atom. The van der Waals surface area contributed by atoms with Crippen molar-refractivity contribution in [2.45, 2.75) is 53.3 Å². The van der Waals surface area contributed by atoms with E-state index in [2.05, 4.69) is 36.9 Å². The molecular formula is C26H30N10O4. The van der Waals surface area contributed by atoms with Gasteiger partial charge in [0.15, 0.2) is 0 Å². The van der Waals surface area contributed by atoms with E-state index in [0.717, 1.165) is 11.4 Å². The van der Waals surface area contributed by atoms with Crippen LogP contribution in [-0.4, -0.2) is 77.5 Å². The Kier molecular flexibility index (Phi) is 7.20. The van der Waals surface area contributed by atoms with Crippen molar-refractivity contribution in [2.75, 3.05) is 25.0 Å². The van der Waals surface area contributed by atoms with Crippen molar-refractivity contribution < 1.29 is 19.1 Å². The average Bonchev–Trinajstić information content (AvgIpc) is 3.53. The van der Waals surface area contributed by atoms with E-state index in [1.54, 1.807) is 53.5 Å². The summed E-state index contributed by atoms with van der Waals surface area (Å²) in [6.45, 7) is 7.19. The van der Waals surface area contributed by atoms with Crippen LogP contribution in [0, 0.1) is 16.7 Å². The molecule has 14 heteroatoms. The van der Waals surface area contributed by atoms with Crippen LogP contribution < -0.4 is 5.32 Å². The summed E-state index contributed by atoms with van der Waals surface area (Å²) in [6.07, 6.45) is 0.512. The lowest BCUT2D eigenvalue weighted by Crippen LogP contribution is -2.37. The molecule has 208 valence electrons. The van der Waals surface area contributed by atoms with Crippen LogP contribution in [0.15, 0.2) is 18.2 Å². The van der Waals surface area contributed by atoms with Crippen LogP contribution in [0.2, 0.25) is 0 Å². The lowest BCUT2D eigenvalue weighted by Gasteiger charge is -2.24. The predicted molar refractivity (Wildman–Crippen MR) is 140 cm³/mol. The number of amides is 3. The largest absolute Gasteiger partial charge is 0.444 e. The van der Waals surface area contributed by atoms with E-state index < -0.39 is 11.5 Å². The SMILES string of the molecule is CC(C)(C)C(=O)Nc1cc(C#N)ccc1COC(=O)N1CCc2nc(C(=O)N3CCc4n[nH]nc4C3)nn2CC1. The van der Waals surface area contributed by atoms with Crippen molar-refractivity contribution >= 4 is 23.6 Å². The fourth-order valence-electron chi connectivity index (χ4n) is 4.42. The van der Waals surface area contributed by atoms with E-state index >= 15 is 0 Å². The van der Waals surface area contributed by atoms with Gasteiger partial charge in [-0.15, -0.1) is 5.10 Å². The van der Waals surface area contributed by atoms with E-state index in [-0.39, 0.29) is 24.2 Å². The van der Waals surface area contributed by atoms with Crippen molar-refractivity contribution in [1.82, 2.24) is 40.0 Å². The number of hydrogen-bond acceptors (Lipinski definition) is 9. The van der Waals surface area contributed by atoms with Gasteiger partial charge in [-0.25, -0.2) is 14.5 Å². The molecule has 4 heterocycles. The van der Waals surface area contributed by atoms with Gasteiger partial charge in [-0.2, -0.15) is 20.7 Å². The quantitative estimate of drug-likeness (QED) is 0.493. The van der Waals surface area contributed by atoms with Crippen LogP contribution in [0.5, 0.6) is 0 Å². The standard InChI is InChI=1S/C26H30N10O4/c1-26(2,3)24(38)28-19-12-16(13-27)4-5-17(19)15-40-25(39)34-9-7-21-29-22(32-36(21)11-10-34)23(37)35-8-6-18-20(14-35)31-33-30-18/h4-5,12H,6-11,14-15H2,1-3H3,(H,28,38)(H,30,31,33). The van der Waals surface area contributed by atoms with Crippen molar-refractivity contribution in [3.63, 3.8) is 0 Å². The molecule has 5 rings (SSSR count). The van der Waals surface area contributed by atoms with Gasteiger partial charge in [0.05, 0.1) is 30.4 Å². The van der Waals surface area contributed by atoms with E-state index in [1.165, 1.54) is 0 Å². The van der Waals surface area contributed by atoms with Crippen LogP contribution >= 0.6 is 0 Å². The Labute approximate surface area is 230 Å². The third kappa shape index (κ3) is 5.63. The summed E-state index contributed by atoms with van der Waals surface area (Å²) in [4.78, 5) is 46.1. The molecule has 0 unspecified atom stereocenters. The fourth-order valence-corrected chi connectivity index (χ4v) is 4.42. The van der Waals surface area contributed by atoms with Gasteiger partial charge in [-0.3, -0.25) is 9.59 Å². The number of fused-ring (bicyclic) bond motifs is 2. The summed E-state index contributed by atoms with van der Waals surface area (Å²) in [7, 11) is 0. The Hall–Kier alpha value is -4.80. The van der Waals surface area contributed by atoms with Crippen LogP contribution in [0.3, 0.4) is 0 Å². The summed E-state index contributed by atoms with van der Waals surface area (Å²) in [6, 6.07) is 6.90. The molecule has 0 saturated heterocycles. The van der Waals surface area contributed by atoms with Gasteiger partial charge in [0, 0.05) is 49.1 Å². The number of ether oxygens (including phenoxy) is 1. The molecule has 40 heavy (non-hydrogen) atoms. The number of benzene rings is 1. The van der Waals surface area contributed by atoms with Crippen LogP contribution in [0.1, 0.15) is 59.7 Å². The molecule has 14 nitrogen and oxygen atoms in total. The number of rotatable bonds is 4. The van der Waals surface area contributed by atoms with Crippen LogP contribution in [-0.2, 0) is 42.1 Å². The first kappa shape index (κ1) is 26.8. The van der Waals surface area contributed by atoms with Crippen molar-refractivity contribution in [1.29, 1.82) is 5.26 Å². The molecule has 0 spiro atoms. The monoisotopic (exact) mass is 546 g/mol. The zero-order valence-electron chi connectivity index (χ0n) is 22.6. The van der Waals surface area contributed by atoms with E-state index in [9.17, 15) is 19.6 Å². The number of aromatic nitrogens is 6. The minimum Gasteiger partial charge on any atom is -0.444 e. The number of carbonyl (C=O) groups is 3. The lowest BCUT2D eigenvalue weighted by atomic mass is 9.95. The zero-order valence-corrected chi connectivity index (χ0v) is 22.6. The zero-order chi connectivity index (χ0) is 28.4. The third-order valence-corrected chi connectivity index (χ3v) is 6.85. The molecule has 0 atom stereocenters. The number of aromatic amines is 1. The molecule has 0 fully saturated rings. The Bertz CT molecular complexity index is 1470. The molecule has 0 aliphatic carbocycles. The molecule has 3 amide bonds. The van der Waals surface area contributed by atoms with Gasteiger partial charge in [0.25, 0.3) is 5.91 Å². The highest BCUT2D eigenvalue weighted by Gasteiger charge is 2.29. The predicted octanol–water partition coefficient (Wildman–Crippen LogP) is 1.65. The molecule has 1 aromatic carbocycles. The average molecular weight is 547 g/mol. The number of hydrogen-bond donors (Lipinski definition) is 2. The number of nitriles is 1. The number of nitrogens with one attached hydrogen (secondary N) is 2. The number of nitrogens with zero attached hydrogens (tertiary/aromatic N) is 8. The normalized spacial score (nSPS) is 14.9. The van der Waals surface area contributed by atoms with Crippen LogP contribution in [0.4, 0.5) is 10.5 Å². The fraction of sp³-hybridized carbons (Fsp3) is 0.462. The summed E-state index contributed by atoms with van der Waals surface area (Å²) >= 11 is 0. The molecule has 0 bridgehead atoms. The van der Waals surface area contributed by atoms with E-state index in [0.29, 0.717) is 68.2 Å². The Morgan fingerprint density at radius 1 is 1.07 bits per heavy atom. The second-order valence-corrected chi connectivity index (χ2v) is 10.7.